The number of hydrogen-bond acceptors (Lipinski definition) is 5. The highest BCUT2D eigenvalue weighted by Gasteiger charge is 2.26. The number of ether oxygens (including phenoxy) is 2. The number of amides is 1. The zero-order chi connectivity index (χ0) is 16.8. The van der Waals surface area contributed by atoms with E-state index in [1.54, 1.807) is 0 Å². The molecule has 132 valence electrons. The lowest BCUT2D eigenvalue weighted by Crippen LogP contribution is -2.53. The zero-order valence-corrected chi connectivity index (χ0v) is 14.4. The Balaban J connectivity index is 1.66. The van der Waals surface area contributed by atoms with Crippen LogP contribution in [0.1, 0.15) is 11.6 Å². The van der Waals surface area contributed by atoms with Gasteiger partial charge in [-0.3, -0.25) is 9.69 Å². The fraction of sp³-hybridized carbons (Fsp3) is 0.588. The van der Waals surface area contributed by atoms with E-state index in [1.165, 1.54) is 0 Å². The lowest BCUT2D eigenvalue weighted by atomic mass is 10.0. The van der Waals surface area contributed by atoms with Crippen LogP contribution in [0.2, 0.25) is 5.02 Å². The summed E-state index contributed by atoms with van der Waals surface area (Å²) in [6.07, 6.45) is 0. The molecule has 2 atom stereocenters. The molecule has 2 saturated heterocycles. The van der Waals surface area contributed by atoms with Crippen molar-refractivity contribution in [1.29, 1.82) is 0 Å². The Hall–Kier alpha value is -1.18. The monoisotopic (exact) mass is 353 g/mol. The molecule has 2 heterocycles. The summed E-state index contributed by atoms with van der Waals surface area (Å²) < 4.78 is 10.8. The summed E-state index contributed by atoms with van der Waals surface area (Å²) in [7, 11) is 0. The van der Waals surface area contributed by atoms with Crippen LogP contribution in [0.3, 0.4) is 0 Å². The quantitative estimate of drug-likeness (QED) is 0.820. The maximum Gasteiger partial charge on any atom is 0.239 e. The van der Waals surface area contributed by atoms with E-state index in [9.17, 15) is 4.79 Å². The molecule has 3 rings (SSSR count). The average Bonchev–Trinajstić information content (AvgIpc) is 2.63. The van der Waals surface area contributed by atoms with Gasteiger partial charge in [-0.2, -0.15) is 0 Å². The maximum atomic E-state index is 12.4. The SMILES string of the molecule is O=C(NCC(c1cccc(Cl)c1)N1CCOCC1)C1COCCN1. The van der Waals surface area contributed by atoms with Gasteiger partial charge in [-0.1, -0.05) is 23.7 Å². The zero-order valence-electron chi connectivity index (χ0n) is 13.7. The van der Waals surface area contributed by atoms with Gasteiger partial charge in [-0.05, 0) is 17.7 Å². The van der Waals surface area contributed by atoms with E-state index in [0.717, 1.165) is 18.7 Å². The number of carbonyl (C=O) groups is 1. The Morgan fingerprint density at radius 1 is 1.33 bits per heavy atom. The summed E-state index contributed by atoms with van der Waals surface area (Å²) in [6.45, 7) is 5.44. The highest BCUT2D eigenvalue weighted by atomic mass is 35.5. The fourth-order valence-electron chi connectivity index (χ4n) is 3.12. The minimum absolute atomic E-state index is 0.0185. The van der Waals surface area contributed by atoms with Crippen molar-refractivity contribution < 1.29 is 14.3 Å². The molecule has 24 heavy (non-hydrogen) atoms. The van der Waals surface area contributed by atoms with Crippen LogP contribution < -0.4 is 10.6 Å². The third kappa shape index (κ3) is 4.68. The molecule has 7 heteroatoms. The third-order valence-corrected chi connectivity index (χ3v) is 4.66. The van der Waals surface area contributed by atoms with Crippen molar-refractivity contribution in [2.75, 3.05) is 52.6 Å². The predicted octanol–water partition coefficient (Wildman–Crippen LogP) is 0.818. The Labute approximate surface area is 147 Å². The van der Waals surface area contributed by atoms with Crippen LogP contribution in [0.25, 0.3) is 0 Å². The van der Waals surface area contributed by atoms with Crippen molar-refractivity contribution in [2.24, 2.45) is 0 Å². The fourth-order valence-corrected chi connectivity index (χ4v) is 3.31. The summed E-state index contributed by atoms with van der Waals surface area (Å²) in [6, 6.07) is 7.65. The molecular formula is C17H24ClN3O3. The topological polar surface area (TPSA) is 62.8 Å². The Kier molecular flexibility index (Phi) is 6.45. The van der Waals surface area contributed by atoms with E-state index in [2.05, 4.69) is 21.6 Å². The molecule has 2 unspecified atom stereocenters. The normalized spacial score (nSPS) is 23.6. The molecule has 2 aliphatic rings. The van der Waals surface area contributed by atoms with Gasteiger partial charge in [0.15, 0.2) is 0 Å². The Bertz CT molecular complexity index is 546. The molecule has 2 aliphatic heterocycles. The van der Waals surface area contributed by atoms with E-state index in [1.807, 2.05) is 18.2 Å². The van der Waals surface area contributed by atoms with Gasteiger partial charge in [0.2, 0.25) is 5.91 Å². The smallest absolute Gasteiger partial charge is 0.239 e. The van der Waals surface area contributed by atoms with Crippen molar-refractivity contribution in [3.8, 4) is 0 Å². The van der Waals surface area contributed by atoms with Crippen LogP contribution in [0, 0.1) is 0 Å². The Morgan fingerprint density at radius 3 is 2.88 bits per heavy atom. The molecule has 1 aromatic rings. The first-order valence-electron chi connectivity index (χ1n) is 8.40. The number of rotatable bonds is 5. The molecular weight excluding hydrogens is 330 g/mol. The van der Waals surface area contributed by atoms with Crippen molar-refractivity contribution in [3.63, 3.8) is 0 Å². The van der Waals surface area contributed by atoms with Gasteiger partial charge in [0.1, 0.15) is 6.04 Å². The van der Waals surface area contributed by atoms with E-state index < -0.39 is 0 Å². The number of hydrogen-bond donors (Lipinski definition) is 2. The molecule has 0 saturated carbocycles. The second-order valence-corrected chi connectivity index (χ2v) is 6.48. The lowest BCUT2D eigenvalue weighted by molar-refractivity contribution is -0.126. The van der Waals surface area contributed by atoms with Crippen molar-refractivity contribution in [2.45, 2.75) is 12.1 Å². The van der Waals surface area contributed by atoms with Crippen molar-refractivity contribution in [1.82, 2.24) is 15.5 Å². The molecule has 1 amide bonds. The molecule has 2 N–H and O–H groups in total. The lowest BCUT2D eigenvalue weighted by Gasteiger charge is -2.35. The van der Waals surface area contributed by atoms with Crippen LogP contribution in [0.15, 0.2) is 24.3 Å². The number of nitrogens with zero attached hydrogens (tertiary/aromatic N) is 1. The van der Waals surface area contributed by atoms with Crippen LogP contribution in [-0.4, -0.2) is 69.5 Å². The van der Waals surface area contributed by atoms with Gasteiger partial charge < -0.3 is 20.1 Å². The van der Waals surface area contributed by atoms with Gasteiger partial charge in [-0.15, -0.1) is 0 Å². The first kappa shape index (κ1) is 17.6. The molecule has 0 aliphatic carbocycles. The second kappa shape index (κ2) is 8.78. The minimum atomic E-state index is -0.275. The first-order valence-corrected chi connectivity index (χ1v) is 8.78. The van der Waals surface area contributed by atoms with Crippen molar-refractivity contribution >= 4 is 17.5 Å². The Morgan fingerprint density at radius 2 is 2.17 bits per heavy atom. The summed E-state index contributed by atoms with van der Waals surface area (Å²) in [4.78, 5) is 14.7. The number of carbonyl (C=O) groups excluding carboxylic acids is 1. The highest BCUT2D eigenvalue weighted by molar-refractivity contribution is 6.30. The molecule has 0 aromatic heterocycles. The van der Waals surface area contributed by atoms with Gasteiger partial charge in [0.25, 0.3) is 0 Å². The number of halogens is 1. The predicted molar refractivity (Wildman–Crippen MR) is 92.2 cm³/mol. The van der Waals surface area contributed by atoms with Gasteiger partial charge in [0.05, 0.1) is 32.5 Å². The number of nitrogens with one attached hydrogen (secondary N) is 2. The standard InChI is InChI=1S/C17H24ClN3O3/c18-14-3-1-2-13(10-14)16(21-5-8-23-9-6-21)11-20-17(22)15-12-24-7-4-19-15/h1-3,10,15-16,19H,4-9,11-12H2,(H,20,22). The summed E-state index contributed by atoms with van der Waals surface area (Å²) in [5, 5.41) is 6.95. The molecule has 6 nitrogen and oxygen atoms in total. The maximum absolute atomic E-state index is 12.4. The second-order valence-electron chi connectivity index (χ2n) is 6.05. The molecule has 0 bridgehead atoms. The average molecular weight is 354 g/mol. The van der Waals surface area contributed by atoms with Gasteiger partial charge in [0, 0.05) is 31.2 Å². The van der Waals surface area contributed by atoms with Crippen LogP contribution in [0.4, 0.5) is 0 Å². The summed E-state index contributed by atoms with van der Waals surface area (Å²) >= 11 is 6.16. The van der Waals surface area contributed by atoms with Crippen molar-refractivity contribution in [3.05, 3.63) is 34.9 Å². The third-order valence-electron chi connectivity index (χ3n) is 4.43. The van der Waals surface area contributed by atoms with E-state index >= 15 is 0 Å². The van der Waals surface area contributed by atoms with Crippen LogP contribution in [-0.2, 0) is 14.3 Å². The van der Waals surface area contributed by atoms with Crippen LogP contribution >= 0.6 is 11.6 Å². The summed E-state index contributed by atoms with van der Waals surface area (Å²) in [5.74, 6) is -0.0185. The number of benzene rings is 1. The summed E-state index contributed by atoms with van der Waals surface area (Å²) in [5.41, 5.74) is 1.11. The molecule has 1 aromatic carbocycles. The molecule has 0 spiro atoms. The highest BCUT2D eigenvalue weighted by Crippen LogP contribution is 2.24. The van der Waals surface area contributed by atoms with Gasteiger partial charge in [-0.25, -0.2) is 0 Å². The van der Waals surface area contributed by atoms with Crippen LogP contribution in [0.5, 0.6) is 0 Å². The largest absolute Gasteiger partial charge is 0.379 e. The molecule has 2 fully saturated rings. The molecule has 0 radical (unpaired) electrons. The van der Waals surface area contributed by atoms with E-state index in [0.29, 0.717) is 44.5 Å². The minimum Gasteiger partial charge on any atom is -0.379 e. The van der Waals surface area contributed by atoms with E-state index in [-0.39, 0.29) is 18.0 Å². The van der Waals surface area contributed by atoms with E-state index in [4.69, 9.17) is 21.1 Å². The first-order chi connectivity index (χ1) is 11.7. The van der Waals surface area contributed by atoms with Gasteiger partial charge >= 0.3 is 0 Å². The number of morpholine rings is 2.